The van der Waals surface area contributed by atoms with Crippen molar-refractivity contribution >= 4 is 11.7 Å². The number of nitrogens with zero attached hydrogens (tertiary/aromatic N) is 1. The van der Waals surface area contributed by atoms with Gasteiger partial charge in [0, 0.05) is 18.8 Å². The van der Waals surface area contributed by atoms with Crippen molar-refractivity contribution in [2.75, 3.05) is 5.32 Å². The van der Waals surface area contributed by atoms with Crippen LogP contribution in [0.1, 0.15) is 18.1 Å². The Morgan fingerprint density at radius 3 is 2.41 bits per heavy atom. The van der Waals surface area contributed by atoms with E-state index in [1.807, 2.05) is 19.1 Å². The van der Waals surface area contributed by atoms with E-state index < -0.39 is 0 Å². The molecule has 0 saturated heterocycles. The Balaban J connectivity index is 1.70. The summed E-state index contributed by atoms with van der Waals surface area (Å²) in [5, 5.41) is 5.65. The molecule has 5 heteroatoms. The third kappa shape index (κ3) is 2.74. The van der Waals surface area contributed by atoms with Crippen molar-refractivity contribution in [3.8, 4) is 0 Å². The Hall–Kier alpha value is -2.56. The number of aromatic nitrogens is 1. The minimum absolute atomic E-state index is 0.225. The van der Waals surface area contributed by atoms with Crippen molar-refractivity contribution < 1.29 is 4.79 Å². The molecule has 2 N–H and O–H groups in total. The van der Waals surface area contributed by atoms with E-state index >= 15 is 0 Å². The number of fused-ring (bicyclic) bond motifs is 1. The fraction of sp³-hybridized carbons (Fsp3) is 0.294. The molecule has 2 amide bonds. The largest absolute Gasteiger partial charge is 0.332 e. The number of aryl methyl sites for hydroxylation is 1. The molecule has 1 aromatic carbocycles. The van der Waals surface area contributed by atoms with E-state index in [0.29, 0.717) is 0 Å². The average Bonchev–Trinajstić information content (AvgIpc) is 2.79. The topological polar surface area (TPSA) is 63.1 Å². The maximum atomic E-state index is 12.2. The minimum atomic E-state index is -0.349. The van der Waals surface area contributed by atoms with Gasteiger partial charge in [-0.3, -0.25) is 4.79 Å². The first-order valence-electron chi connectivity index (χ1n) is 7.28. The molecule has 22 heavy (non-hydrogen) atoms. The van der Waals surface area contributed by atoms with E-state index in [1.165, 1.54) is 15.7 Å². The molecule has 1 heterocycles. The number of carbonyl (C=O) groups excluding carboxylic acids is 1. The number of nitrogens with one attached hydrogen (secondary N) is 2. The quantitative estimate of drug-likeness (QED) is 0.891. The summed E-state index contributed by atoms with van der Waals surface area (Å²) in [6.45, 7) is 2.02. The second kappa shape index (κ2) is 5.33. The Morgan fingerprint density at radius 1 is 1.14 bits per heavy atom. The van der Waals surface area contributed by atoms with Gasteiger partial charge < -0.3 is 15.2 Å². The highest BCUT2D eigenvalue weighted by Gasteiger charge is 2.34. The molecule has 0 saturated carbocycles. The van der Waals surface area contributed by atoms with Crippen LogP contribution in [0.3, 0.4) is 0 Å². The van der Waals surface area contributed by atoms with Gasteiger partial charge in [-0.1, -0.05) is 24.3 Å². The molecule has 1 aliphatic rings. The maximum Gasteiger partial charge on any atom is 0.319 e. The molecule has 0 aliphatic heterocycles. The summed E-state index contributed by atoms with van der Waals surface area (Å²) < 4.78 is 1.43. The van der Waals surface area contributed by atoms with Gasteiger partial charge >= 0.3 is 6.03 Å². The molecule has 1 aliphatic carbocycles. The van der Waals surface area contributed by atoms with Crippen LogP contribution in [0, 0.1) is 0 Å². The molecule has 0 unspecified atom stereocenters. The Bertz CT molecular complexity index is 754. The van der Waals surface area contributed by atoms with Gasteiger partial charge in [0.15, 0.2) is 0 Å². The van der Waals surface area contributed by atoms with Crippen LogP contribution < -0.4 is 16.2 Å². The van der Waals surface area contributed by atoms with E-state index in [0.717, 1.165) is 12.8 Å². The van der Waals surface area contributed by atoms with E-state index in [1.54, 1.807) is 25.4 Å². The number of benzene rings is 1. The lowest BCUT2D eigenvalue weighted by Crippen LogP contribution is -2.49. The number of pyridine rings is 1. The number of carbonyl (C=O) groups is 1. The summed E-state index contributed by atoms with van der Waals surface area (Å²) in [6, 6.07) is 11.2. The standard InChI is InChI=1S/C17H19N3O2/c1-17(10-12-6-3-4-7-13(12)11-17)19-16(22)18-14-8-5-9-20(2)15(14)21/h3-9H,10-11H2,1-2H3,(H2,18,19,22). The lowest BCUT2D eigenvalue weighted by Gasteiger charge is -2.25. The summed E-state index contributed by atoms with van der Waals surface area (Å²) in [7, 11) is 1.65. The zero-order valence-electron chi connectivity index (χ0n) is 12.7. The Labute approximate surface area is 129 Å². The smallest absolute Gasteiger partial charge is 0.319 e. The summed E-state index contributed by atoms with van der Waals surface area (Å²) in [6.07, 6.45) is 3.24. The zero-order chi connectivity index (χ0) is 15.7. The molecule has 0 bridgehead atoms. The Morgan fingerprint density at radius 2 is 1.77 bits per heavy atom. The first-order valence-corrected chi connectivity index (χ1v) is 7.28. The first kappa shape index (κ1) is 14.4. The van der Waals surface area contributed by atoms with Crippen molar-refractivity contribution in [1.82, 2.24) is 9.88 Å². The van der Waals surface area contributed by atoms with Gasteiger partial charge in [-0.25, -0.2) is 4.79 Å². The normalized spacial score (nSPS) is 15.2. The van der Waals surface area contributed by atoms with Crippen LogP contribution in [0.15, 0.2) is 47.4 Å². The molecular weight excluding hydrogens is 278 g/mol. The van der Waals surface area contributed by atoms with Crippen molar-refractivity contribution in [2.45, 2.75) is 25.3 Å². The second-order valence-electron chi connectivity index (χ2n) is 6.10. The number of anilines is 1. The van der Waals surface area contributed by atoms with Crippen LogP contribution in [0.5, 0.6) is 0 Å². The lowest BCUT2D eigenvalue weighted by atomic mass is 9.99. The van der Waals surface area contributed by atoms with E-state index in [4.69, 9.17) is 0 Å². The SMILES string of the molecule is Cn1cccc(NC(=O)NC2(C)Cc3ccccc3C2)c1=O. The van der Waals surface area contributed by atoms with E-state index in [2.05, 4.69) is 22.8 Å². The average molecular weight is 297 g/mol. The molecule has 3 rings (SSSR count). The summed E-state index contributed by atoms with van der Waals surface area (Å²) in [5.41, 5.74) is 2.26. The molecule has 114 valence electrons. The zero-order valence-corrected chi connectivity index (χ0v) is 12.7. The van der Waals surface area contributed by atoms with Gasteiger partial charge in [0.1, 0.15) is 5.69 Å². The summed E-state index contributed by atoms with van der Waals surface area (Å²) in [5.74, 6) is 0. The van der Waals surface area contributed by atoms with Gasteiger partial charge in [-0.05, 0) is 43.0 Å². The number of rotatable bonds is 2. The number of amides is 2. The number of urea groups is 1. The third-order valence-electron chi connectivity index (χ3n) is 4.07. The Kier molecular flexibility index (Phi) is 3.48. The molecule has 0 radical (unpaired) electrons. The van der Waals surface area contributed by atoms with E-state index in [-0.39, 0.29) is 22.8 Å². The molecule has 5 nitrogen and oxygen atoms in total. The summed E-state index contributed by atoms with van der Waals surface area (Å²) in [4.78, 5) is 24.1. The predicted octanol–water partition coefficient (Wildman–Crippen LogP) is 2.06. The van der Waals surface area contributed by atoms with Gasteiger partial charge in [-0.2, -0.15) is 0 Å². The highest BCUT2D eigenvalue weighted by molar-refractivity contribution is 5.89. The second-order valence-corrected chi connectivity index (χ2v) is 6.10. The van der Waals surface area contributed by atoms with Crippen LogP contribution in [0.4, 0.5) is 10.5 Å². The van der Waals surface area contributed by atoms with E-state index in [9.17, 15) is 9.59 Å². The van der Waals surface area contributed by atoms with Gasteiger partial charge in [0.05, 0.1) is 0 Å². The van der Waals surface area contributed by atoms with Crippen LogP contribution in [0.2, 0.25) is 0 Å². The number of hydrogen-bond donors (Lipinski definition) is 2. The minimum Gasteiger partial charge on any atom is -0.332 e. The van der Waals surface area contributed by atoms with Crippen LogP contribution >= 0.6 is 0 Å². The van der Waals surface area contributed by atoms with Gasteiger partial charge in [0.2, 0.25) is 0 Å². The van der Waals surface area contributed by atoms with Gasteiger partial charge in [-0.15, -0.1) is 0 Å². The highest BCUT2D eigenvalue weighted by Crippen LogP contribution is 2.29. The molecule has 0 atom stereocenters. The van der Waals surface area contributed by atoms with Crippen LogP contribution in [0.25, 0.3) is 0 Å². The molecule has 2 aromatic rings. The summed E-state index contributed by atoms with van der Waals surface area (Å²) >= 11 is 0. The predicted molar refractivity (Wildman–Crippen MR) is 86.1 cm³/mol. The fourth-order valence-electron chi connectivity index (χ4n) is 3.01. The van der Waals surface area contributed by atoms with Crippen molar-refractivity contribution in [2.24, 2.45) is 7.05 Å². The van der Waals surface area contributed by atoms with Crippen LogP contribution in [-0.2, 0) is 19.9 Å². The molecule has 0 fully saturated rings. The molecule has 0 spiro atoms. The fourth-order valence-corrected chi connectivity index (χ4v) is 3.01. The monoisotopic (exact) mass is 297 g/mol. The van der Waals surface area contributed by atoms with Gasteiger partial charge in [0.25, 0.3) is 5.56 Å². The third-order valence-corrected chi connectivity index (χ3v) is 4.07. The van der Waals surface area contributed by atoms with Crippen LogP contribution in [-0.4, -0.2) is 16.1 Å². The maximum absolute atomic E-state index is 12.2. The lowest BCUT2D eigenvalue weighted by molar-refractivity contribution is 0.240. The molecule has 1 aromatic heterocycles. The number of hydrogen-bond acceptors (Lipinski definition) is 2. The van der Waals surface area contributed by atoms with Crippen molar-refractivity contribution in [3.63, 3.8) is 0 Å². The van der Waals surface area contributed by atoms with Crippen molar-refractivity contribution in [3.05, 3.63) is 64.1 Å². The highest BCUT2D eigenvalue weighted by atomic mass is 16.2. The van der Waals surface area contributed by atoms with Crippen molar-refractivity contribution in [1.29, 1.82) is 0 Å². The molecular formula is C17H19N3O2. The first-order chi connectivity index (χ1) is 10.5.